The van der Waals surface area contributed by atoms with Crippen LogP contribution in [0, 0.1) is 0 Å². The minimum absolute atomic E-state index is 0.593. The lowest BCUT2D eigenvalue weighted by Gasteiger charge is -2.10. The number of fused-ring (bicyclic) bond motifs is 5. The summed E-state index contributed by atoms with van der Waals surface area (Å²) >= 11 is 0. The smallest absolute Gasteiger partial charge is 0.164 e. The molecule has 4 nitrogen and oxygen atoms in total. The van der Waals surface area contributed by atoms with Gasteiger partial charge in [0.15, 0.2) is 17.5 Å². The summed E-state index contributed by atoms with van der Waals surface area (Å²) in [5, 5.41) is 6.76. The lowest BCUT2D eigenvalue weighted by Crippen LogP contribution is -2.00. The maximum atomic E-state index is 6.86. The van der Waals surface area contributed by atoms with Crippen LogP contribution >= 0.6 is 0 Å². The van der Waals surface area contributed by atoms with E-state index in [1.54, 1.807) is 0 Å². The van der Waals surface area contributed by atoms with Gasteiger partial charge < -0.3 is 4.42 Å². The molecule has 0 N–H and O–H groups in total. The zero-order chi connectivity index (χ0) is 33.7. The van der Waals surface area contributed by atoms with E-state index in [0.29, 0.717) is 17.5 Å². The highest BCUT2D eigenvalue weighted by atomic mass is 16.3. The Bertz CT molecular complexity index is 2910. The van der Waals surface area contributed by atoms with Gasteiger partial charge in [0.25, 0.3) is 0 Å². The molecule has 0 aliphatic carbocycles. The zero-order valence-electron chi connectivity index (χ0n) is 27.5. The Balaban J connectivity index is 1.16. The van der Waals surface area contributed by atoms with Crippen LogP contribution in [0.2, 0.25) is 0 Å². The molecular weight excluding hydrogens is 623 g/mol. The summed E-state index contributed by atoms with van der Waals surface area (Å²) < 4.78 is 6.86. The fraction of sp³-hybridized carbons (Fsp3) is 0. The summed E-state index contributed by atoms with van der Waals surface area (Å²) in [6.07, 6.45) is 0. The summed E-state index contributed by atoms with van der Waals surface area (Å²) in [6.45, 7) is 0. The maximum absolute atomic E-state index is 6.86. The van der Waals surface area contributed by atoms with Crippen LogP contribution in [0.25, 0.3) is 99.9 Å². The van der Waals surface area contributed by atoms with Gasteiger partial charge >= 0.3 is 0 Å². The van der Waals surface area contributed by atoms with E-state index in [2.05, 4.69) is 140 Å². The predicted octanol–water partition coefficient (Wildman–Crippen LogP) is 12.4. The highest BCUT2D eigenvalue weighted by Gasteiger charge is 2.19. The van der Waals surface area contributed by atoms with Crippen LogP contribution in [-0.4, -0.2) is 15.0 Å². The molecule has 2 heterocycles. The summed E-state index contributed by atoms with van der Waals surface area (Å²) in [7, 11) is 0. The molecule has 0 aliphatic rings. The third kappa shape index (κ3) is 5.13. The maximum Gasteiger partial charge on any atom is 0.164 e. The average molecular weight is 652 g/mol. The molecule has 0 fully saturated rings. The van der Waals surface area contributed by atoms with E-state index in [1.165, 1.54) is 21.9 Å². The molecule has 0 bridgehead atoms. The lowest BCUT2D eigenvalue weighted by molar-refractivity contribution is 0.670. The summed E-state index contributed by atoms with van der Waals surface area (Å²) in [5.41, 5.74) is 8.93. The van der Waals surface area contributed by atoms with Crippen LogP contribution in [0.15, 0.2) is 180 Å². The van der Waals surface area contributed by atoms with Gasteiger partial charge in [0.2, 0.25) is 0 Å². The van der Waals surface area contributed by atoms with Gasteiger partial charge in [-0.25, -0.2) is 15.0 Å². The highest BCUT2D eigenvalue weighted by Crippen LogP contribution is 2.42. The Hall–Kier alpha value is -6.91. The molecule has 0 amide bonds. The van der Waals surface area contributed by atoms with E-state index in [-0.39, 0.29) is 0 Å². The van der Waals surface area contributed by atoms with Crippen molar-refractivity contribution in [3.8, 4) is 56.4 Å². The number of rotatable bonds is 5. The molecule has 51 heavy (non-hydrogen) atoms. The quantitative estimate of drug-likeness (QED) is 0.186. The second-order valence-electron chi connectivity index (χ2n) is 12.8. The molecule has 0 saturated carbocycles. The monoisotopic (exact) mass is 651 g/mol. The van der Waals surface area contributed by atoms with Gasteiger partial charge in [-0.3, -0.25) is 0 Å². The van der Waals surface area contributed by atoms with Gasteiger partial charge in [0.05, 0.1) is 0 Å². The lowest BCUT2D eigenvalue weighted by atomic mass is 9.93. The molecule has 4 heteroatoms. The van der Waals surface area contributed by atoms with Crippen molar-refractivity contribution in [2.75, 3.05) is 0 Å². The van der Waals surface area contributed by atoms with Crippen molar-refractivity contribution >= 4 is 43.5 Å². The topological polar surface area (TPSA) is 51.8 Å². The summed E-state index contributed by atoms with van der Waals surface area (Å²) in [6, 6.07) is 61.1. The Kier molecular flexibility index (Phi) is 6.78. The van der Waals surface area contributed by atoms with Gasteiger partial charge in [-0.15, -0.1) is 0 Å². The number of hydrogen-bond acceptors (Lipinski definition) is 4. The molecule has 0 atom stereocenters. The second kappa shape index (κ2) is 11.9. The number of benzene rings is 8. The first-order chi connectivity index (χ1) is 25.2. The SMILES string of the molecule is c1ccc(-c2cccc(-c3c4ccccc4cc4c3oc3cc(-c5nc(-c6ccccc6)nc(-c6ccc7ccccc7c6)n5)ccc34)c2)cc1. The van der Waals surface area contributed by atoms with Crippen molar-refractivity contribution in [2.45, 2.75) is 0 Å². The first-order valence-electron chi connectivity index (χ1n) is 17.1. The first-order valence-corrected chi connectivity index (χ1v) is 17.1. The zero-order valence-corrected chi connectivity index (χ0v) is 27.5. The number of furan rings is 1. The first kappa shape index (κ1) is 29.0. The molecular formula is C47H29N3O. The molecule has 10 rings (SSSR count). The van der Waals surface area contributed by atoms with Gasteiger partial charge in [-0.05, 0) is 68.6 Å². The average Bonchev–Trinajstić information content (AvgIpc) is 3.57. The Morgan fingerprint density at radius 1 is 0.314 bits per heavy atom. The van der Waals surface area contributed by atoms with Crippen molar-refractivity contribution in [2.24, 2.45) is 0 Å². The fourth-order valence-electron chi connectivity index (χ4n) is 7.16. The Labute approximate surface area is 294 Å². The van der Waals surface area contributed by atoms with Crippen LogP contribution < -0.4 is 0 Å². The highest BCUT2D eigenvalue weighted by molar-refractivity contribution is 6.18. The van der Waals surface area contributed by atoms with Gasteiger partial charge in [-0.1, -0.05) is 146 Å². The van der Waals surface area contributed by atoms with E-state index >= 15 is 0 Å². The minimum Gasteiger partial charge on any atom is -0.455 e. The predicted molar refractivity (Wildman–Crippen MR) is 209 cm³/mol. The van der Waals surface area contributed by atoms with Crippen LogP contribution in [0.3, 0.4) is 0 Å². The normalized spacial score (nSPS) is 11.5. The van der Waals surface area contributed by atoms with Crippen molar-refractivity contribution < 1.29 is 4.42 Å². The number of hydrogen-bond donors (Lipinski definition) is 0. The number of aromatic nitrogens is 3. The minimum atomic E-state index is 0.593. The van der Waals surface area contributed by atoms with E-state index in [1.807, 2.05) is 36.4 Å². The van der Waals surface area contributed by atoms with Crippen molar-refractivity contribution in [1.29, 1.82) is 0 Å². The summed E-state index contributed by atoms with van der Waals surface area (Å²) in [4.78, 5) is 15.0. The van der Waals surface area contributed by atoms with Gasteiger partial charge in [-0.2, -0.15) is 0 Å². The standard InChI is InChI=1S/C47H29N3O/c1-3-12-30(13-4-1)34-19-11-20-36(26-34)43-39-21-10-9-18-35(39)28-41-40-25-24-38(29-42(40)51-44(41)43)47-49-45(32-15-5-2-6-16-32)48-46(50-47)37-23-22-31-14-7-8-17-33(31)27-37/h1-29H. The molecule has 8 aromatic carbocycles. The van der Waals surface area contributed by atoms with Crippen LogP contribution in [-0.2, 0) is 0 Å². The Morgan fingerprint density at radius 3 is 1.69 bits per heavy atom. The molecule has 238 valence electrons. The third-order valence-electron chi connectivity index (χ3n) is 9.68. The molecule has 10 aromatic rings. The Morgan fingerprint density at radius 2 is 0.902 bits per heavy atom. The van der Waals surface area contributed by atoms with Gasteiger partial charge in [0.1, 0.15) is 11.2 Å². The van der Waals surface area contributed by atoms with E-state index in [9.17, 15) is 0 Å². The van der Waals surface area contributed by atoms with Gasteiger partial charge in [0, 0.05) is 33.0 Å². The molecule has 0 saturated heterocycles. The molecule has 0 radical (unpaired) electrons. The van der Waals surface area contributed by atoms with Crippen LogP contribution in [0.1, 0.15) is 0 Å². The van der Waals surface area contributed by atoms with E-state index in [0.717, 1.165) is 60.5 Å². The van der Waals surface area contributed by atoms with E-state index < -0.39 is 0 Å². The van der Waals surface area contributed by atoms with Crippen molar-refractivity contribution in [3.63, 3.8) is 0 Å². The largest absolute Gasteiger partial charge is 0.455 e. The summed E-state index contributed by atoms with van der Waals surface area (Å²) in [5.74, 6) is 1.84. The third-order valence-corrected chi connectivity index (χ3v) is 9.68. The van der Waals surface area contributed by atoms with Crippen LogP contribution in [0.4, 0.5) is 0 Å². The fourth-order valence-corrected chi connectivity index (χ4v) is 7.16. The molecule has 0 unspecified atom stereocenters. The van der Waals surface area contributed by atoms with E-state index in [4.69, 9.17) is 19.4 Å². The van der Waals surface area contributed by atoms with Crippen LogP contribution in [0.5, 0.6) is 0 Å². The van der Waals surface area contributed by atoms with Crippen molar-refractivity contribution in [1.82, 2.24) is 15.0 Å². The van der Waals surface area contributed by atoms with Crippen molar-refractivity contribution in [3.05, 3.63) is 176 Å². The molecule has 0 spiro atoms. The molecule has 2 aromatic heterocycles. The second-order valence-corrected chi connectivity index (χ2v) is 12.8. The number of nitrogens with zero attached hydrogens (tertiary/aromatic N) is 3. The molecule has 0 aliphatic heterocycles.